The third-order valence-corrected chi connectivity index (χ3v) is 8.01. The van der Waals surface area contributed by atoms with Gasteiger partial charge in [-0.25, -0.2) is 13.2 Å². The highest BCUT2D eigenvalue weighted by atomic mass is 32.2. The van der Waals surface area contributed by atoms with Crippen LogP contribution in [0.15, 0.2) is 70.6 Å². The molecule has 15 heteroatoms. The van der Waals surface area contributed by atoms with Crippen LogP contribution in [0.4, 0.5) is 0 Å². The summed E-state index contributed by atoms with van der Waals surface area (Å²) in [5.41, 5.74) is 11.5. The Bertz CT molecular complexity index is 1560. The van der Waals surface area contributed by atoms with Crippen LogP contribution in [-0.2, 0) is 26.0 Å². The number of carboxylic acid groups (broad SMARTS) is 1. The van der Waals surface area contributed by atoms with E-state index in [2.05, 4.69) is 9.71 Å². The van der Waals surface area contributed by atoms with E-state index in [9.17, 15) is 23.1 Å². The Morgan fingerprint density at radius 2 is 1.60 bits per heavy atom. The maximum atomic E-state index is 13.6. The van der Waals surface area contributed by atoms with E-state index in [1.165, 1.54) is 33.4 Å². The number of carboxylic acids is 1. The zero-order chi connectivity index (χ0) is 32.2. The molecular weight excluding hydrogens is 578 g/mol. The number of fused-ring (bicyclic) bond motifs is 1. The second kappa shape index (κ2) is 15.9. The lowest BCUT2D eigenvalue weighted by atomic mass is 10.0. The van der Waals surface area contributed by atoms with Crippen LogP contribution in [0.3, 0.4) is 0 Å². The molecule has 3 rings (SSSR count). The van der Waals surface area contributed by atoms with Crippen LogP contribution >= 0.6 is 0 Å². The minimum Gasteiger partial charge on any atom is -0.493 e. The molecule has 0 radical (unpaired) electrons. The lowest BCUT2D eigenvalue weighted by Crippen LogP contribution is -2.53. The van der Waals surface area contributed by atoms with E-state index in [0.29, 0.717) is 22.4 Å². The number of hydrogen-bond acceptors (Lipinski definition) is 9. The zero-order valence-corrected chi connectivity index (χ0v) is 24.8. The van der Waals surface area contributed by atoms with Crippen molar-refractivity contribution in [2.24, 2.45) is 16.5 Å². The van der Waals surface area contributed by atoms with Gasteiger partial charge in [-0.1, -0.05) is 36.4 Å². The lowest BCUT2D eigenvalue weighted by Gasteiger charge is -2.29. The highest BCUT2D eigenvalue weighted by molar-refractivity contribution is 7.89. The van der Waals surface area contributed by atoms with Gasteiger partial charge in [-0.2, -0.15) is 4.72 Å². The minimum absolute atomic E-state index is 0.0233. The fraction of sp³-hybridized carbons (Fsp3) is 0.321. The van der Waals surface area contributed by atoms with Crippen LogP contribution in [0.25, 0.3) is 10.8 Å². The van der Waals surface area contributed by atoms with Gasteiger partial charge in [-0.3, -0.25) is 9.79 Å². The maximum Gasteiger partial charge on any atom is 0.326 e. The number of likely N-dealkylation sites (N-methyl/N-ethyl adjacent to an activating group) is 1. The number of amides is 1. The number of aliphatic imine (C=N–C) groups is 1. The number of benzene rings is 3. The van der Waals surface area contributed by atoms with Crippen LogP contribution in [0.2, 0.25) is 0 Å². The van der Waals surface area contributed by atoms with Crippen molar-refractivity contribution in [1.29, 1.82) is 10.8 Å². The normalized spacial score (nSPS) is 12.2. The van der Waals surface area contributed by atoms with E-state index < -0.39 is 34.0 Å². The molecule has 6 N–H and O–H groups in total. The van der Waals surface area contributed by atoms with Crippen molar-refractivity contribution in [1.82, 2.24) is 9.62 Å². The smallest absolute Gasteiger partial charge is 0.326 e. The van der Waals surface area contributed by atoms with E-state index in [4.69, 9.17) is 31.7 Å². The summed E-state index contributed by atoms with van der Waals surface area (Å²) < 4.78 is 40.1. The van der Waals surface area contributed by atoms with Crippen LogP contribution < -0.4 is 25.7 Å². The molecule has 0 aliphatic carbocycles. The van der Waals surface area contributed by atoms with Crippen molar-refractivity contribution in [2.45, 2.75) is 36.2 Å². The number of methoxy groups -OCH3 is 2. The van der Waals surface area contributed by atoms with E-state index >= 15 is 0 Å². The molecule has 0 unspecified atom stereocenters. The number of nitrogens with zero attached hydrogens (tertiary/aromatic N) is 4. The number of carbonyl (C=O) groups is 2. The monoisotopic (exact) mass is 613 g/mol. The molecular formula is C28H35N7O7S. The summed E-state index contributed by atoms with van der Waals surface area (Å²) in [6.45, 7) is 0.154. The quantitative estimate of drug-likeness (QED) is 0.0884. The number of hydrogen-bond donors (Lipinski definition) is 4. The molecule has 2 atom stereocenters. The molecule has 0 saturated carbocycles. The van der Waals surface area contributed by atoms with Crippen molar-refractivity contribution < 1.29 is 32.6 Å². The molecule has 0 aromatic heterocycles. The first-order chi connectivity index (χ1) is 20.5. The van der Waals surface area contributed by atoms with E-state index in [-0.39, 0.29) is 36.7 Å². The Balaban J connectivity index is 0.00000316. The largest absolute Gasteiger partial charge is 0.493 e. The topological polar surface area (TPSA) is 234 Å². The minimum atomic E-state index is -4.23. The molecule has 3 aromatic carbocycles. The summed E-state index contributed by atoms with van der Waals surface area (Å²) in [6.07, 6.45) is 0.327. The SMILES string of the molecule is COc1cc2ccc(S(=O)(=O)N[C@@H](CCCN=C(N)N)C(=O)N(C)[C@@H](Cc3ccccc3)C(=O)O)cc2cc1OC.N#N. The number of rotatable bonds is 14. The average Bonchev–Trinajstić information content (AvgIpc) is 3.00. The standard InChI is InChI=1S/C28H35N5O7S.N2/c1-33(23(27(35)36)14-18-8-5-4-6-9-18)26(34)22(10-7-13-31-28(29)30)32-41(37,38)21-12-11-19-16-24(39-2)25(40-3)17-20(19)15-21;1-2/h4-6,8-9,11-12,15-17,22-23,32H,7,10,13-14H2,1-3H3,(H,35,36)(H4,29,30,31);/t22-,23-;/m0./s1. The van der Waals surface area contributed by atoms with Crippen molar-refractivity contribution in [3.8, 4) is 11.5 Å². The molecule has 0 saturated heterocycles. The summed E-state index contributed by atoms with van der Waals surface area (Å²) in [5, 5.41) is 23.2. The molecule has 230 valence electrons. The number of aliphatic carboxylic acids is 1. The van der Waals surface area contributed by atoms with Crippen LogP contribution in [0.5, 0.6) is 11.5 Å². The Kier molecular flexibility index (Phi) is 12.7. The second-order valence-electron chi connectivity index (χ2n) is 9.33. The Labute approximate surface area is 249 Å². The van der Waals surface area contributed by atoms with Crippen LogP contribution in [-0.4, -0.2) is 76.2 Å². The summed E-state index contributed by atoms with van der Waals surface area (Å²) in [4.78, 5) is 30.6. The maximum absolute atomic E-state index is 13.6. The van der Waals surface area contributed by atoms with Gasteiger partial charge in [0, 0.05) is 30.8 Å². The van der Waals surface area contributed by atoms with E-state index in [1.54, 1.807) is 48.5 Å². The van der Waals surface area contributed by atoms with E-state index in [1.807, 2.05) is 0 Å². The van der Waals surface area contributed by atoms with Gasteiger partial charge < -0.3 is 30.9 Å². The Morgan fingerprint density at radius 3 is 2.16 bits per heavy atom. The molecule has 0 bridgehead atoms. The zero-order valence-electron chi connectivity index (χ0n) is 24.0. The molecule has 3 aromatic rings. The summed E-state index contributed by atoms with van der Waals surface area (Å²) in [5.74, 6) is -1.14. The van der Waals surface area contributed by atoms with Gasteiger partial charge in [0.05, 0.1) is 19.1 Å². The molecule has 0 aliphatic heterocycles. The predicted octanol–water partition coefficient (Wildman–Crippen LogP) is 1.74. The first kappa shape index (κ1) is 34.3. The average molecular weight is 614 g/mol. The van der Waals surface area contributed by atoms with Gasteiger partial charge >= 0.3 is 5.97 Å². The van der Waals surface area contributed by atoms with Crippen molar-refractivity contribution in [3.05, 3.63) is 66.2 Å². The lowest BCUT2D eigenvalue weighted by molar-refractivity contribution is -0.149. The van der Waals surface area contributed by atoms with Crippen LogP contribution in [0.1, 0.15) is 18.4 Å². The number of nitrogens with one attached hydrogen (secondary N) is 1. The molecule has 0 aliphatic rings. The number of nitrogens with two attached hydrogens (primary N) is 2. The molecule has 1 amide bonds. The van der Waals surface area contributed by atoms with Gasteiger partial charge in [-0.05, 0) is 53.4 Å². The number of ether oxygens (including phenoxy) is 2. The van der Waals surface area contributed by atoms with Crippen LogP contribution in [0, 0.1) is 10.8 Å². The van der Waals surface area contributed by atoms with Crippen molar-refractivity contribution in [2.75, 3.05) is 27.8 Å². The van der Waals surface area contributed by atoms with Crippen molar-refractivity contribution in [3.63, 3.8) is 0 Å². The summed E-state index contributed by atoms with van der Waals surface area (Å²) >= 11 is 0. The first-order valence-corrected chi connectivity index (χ1v) is 14.4. The molecule has 43 heavy (non-hydrogen) atoms. The number of carbonyl (C=O) groups excluding carboxylic acids is 1. The number of guanidine groups is 1. The van der Waals surface area contributed by atoms with Crippen molar-refractivity contribution >= 4 is 38.6 Å². The first-order valence-electron chi connectivity index (χ1n) is 12.9. The third kappa shape index (κ3) is 9.28. The van der Waals surface area contributed by atoms with Gasteiger partial charge in [-0.15, -0.1) is 0 Å². The number of sulfonamides is 1. The highest BCUT2D eigenvalue weighted by Crippen LogP contribution is 2.33. The van der Waals surface area contributed by atoms with E-state index in [0.717, 1.165) is 10.3 Å². The molecule has 0 heterocycles. The summed E-state index contributed by atoms with van der Waals surface area (Å²) in [6, 6.07) is 14.2. The molecule has 0 fully saturated rings. The second-order valence-corrected chi connectivity index (χ2v) is 11.0. The highest BCUT2D eigenvalue weighted by Gasteiger charge is 2.33. The van der Waals surface area contributed by atoms with Gasteiger partial charge in [0.15, 0.2) is 17.5 Å². The van der Waals surface area contributed by atoms with Gasteiger partial charge in [0.25, 0.3) is 0 Å². The Hall–Kier alpha value is -4.94. The van der Waals surface area contributed by atoms with Gasteiger partial charge in [0.1, 0.15) is 12.1 Å². The Morgan fingerprint density at radius 1 is 1.00 bits per heavy atom. The summed E-state index contributed by atoms with van der Waals surface area (Å²) in [7, 11) is 0.0969. The molecule has 14 nitrogen and oxygen atoms in total. The molecule has 0 spiro atoms. The fourth-order valence-electron chi connectivity index (χ4n) is 4.34. The predicted molar refractivity (Wildman–Crippen MR) is 159 cm³/mol. The fourth-order valence-corrected chi connectivity index (χ4v) is 5.60. The van der Waals surface area contributed by atoms with Gasteiger partial charge in [0.2, 0.25) is 15.9 Å². The third-order valence-electron chi connectivity index (χ3n) is 6.54.